The lowest BCUT2D eigenvalue weighted by molar-refractivity contribution is 0.947. The molecule has 0 spiro atoms. The first-order chi connectivity index (χ1) is 3.93. The molecule has 0 radical (unpaired) electrons. The Morgan fingerprint density at radius 3 is 3.12 bits per heavy atom. The SMILES string of the molecule is CSCC1CCSS1. The molecule has 0 aromatic carbocycles. The highest BCUT2D eigenvalue weighted by atomic mass is 33.1. The highest BCUT2D eigenvalue weighted by Crippen LogP contribution is 2.38. The Kier molecular flexibility index (Phi) is 3.55. The summed E-state index contributed by atoms with van der Waals surface area (Å²) in [4.78, 5) is 0. The van der Waals surface area contributed by atoms with E-state index in [-0.39, 0.29) is 0 Å². The zero-order valence-electron chi connectivity index (χ0n) is 4.92. The van der Waals surface area contributed by atoms with E-state index < -0.39 is 0 Å². The average molecular weight is 166 g/mol. The summed E-state index contributed by atoms with van der Waals surface area (Å²) < 4.78 is 0. The van der Waals surface area contributed by atoms with E-state index in [0.717, 1.165) is 5.25 Å². The molecule has 0 aliphatic carbocycles. The van der Waals surface area contributed by atoms with Crippen molar-refractivity contribution in [2.75, 3.05) is 17.8 Å². The Balaban J connectivity index is 2.06. The van der Waals surface area contributed by atoms with Crippen LogP contribution < -0.4 is 0 Å². The molecule has 1 aliphatic heterocycles. The Hall–Kier alpha value is 1.05. The van der Waals surface area contributed by atoms with E-state index in [0.29, 0.717) is 0 Å². The van der Waals surface area contributed by atoms with E-state index in [1.807, 2.05) is 22.6 Å². The molecule has 0 aromatic heterocycles. The predicted molar refractivity (Wildman–Crippen MR) is 46.8 cm³/mol. The van der Waals surface area contributed by atoms with Crippen LogP contribution in [0, 0.1) is 0 Å². The van der Waals surface area contributed by atoms with Gasteiger partial charge in [0.25, 0.3) is 0 Å². The van der Waals surface area contributed by atoms with Gasteiger partial charge >= 0.3 is 0 Å². The summed E-state index contributed by atoms with van der Waals surface area (Å²) in [5, 5.41) is 0.954. The van der Waals surface area contributed by atoms with Gasteiger partial charge in [-0.15, -0.1) is 0 Å². The summed E-state index contributed by atoms with van der Waals surface area (Å²) in [6, 6.07) is 0. The van der Waals surface area contributed by atoms with Gasteiger partial charge in [0.2, 0.25) is 0 Å². The molecule has 3 heteroatoms. The second-order valence-corrected chi connectivity index (χ2v) is 5.48. The van der Waals surface area contributed by atoms with Crippen molar-refractivity contribution in [3.05, 3.63) is 0 Å². The molecule has 48 valence electrons. The topological polar surface area (TPSA) is 0 Å². The van der Waals surface area contributed by atoms with Crippen LogP contribution in [0.3, 0.4) is 0 Å². The maximum atomic E-state index is 2.18. The minimum absolute atomic E-state index is 0.954. The van der Waals surface area contributed by atoms with E-state index in [1.54, 1.807) is 0 Å². The number of thioether (sulfide) groups is 1. The van der Waals surface area contributed by atoms with Crippen molar-refractivity contribution in [2.24, 2.45) is 0 Å². The molecule has 0 aromatic rings. The van der Waals surface area contributed by atoms with Crippen LogP contribution in [0.4, 0.5) is 0 Å². The molecule has 0 saturated carbocycles. The van der Waals surface area contributed by atoms with Crippen molar-refractivity contribution < 1.29 is 0 Å². The molecular weight excluding hydrogens is 156 g/mol. The average Bonchev–Trinajstić information content (AvgIpc) is 2.19. The monoisotopic (exact) mass is 166 g/mol. The first kappa shape index (κ1) is 7.16. The first-order valence-electron chi connectivity index (χ1n) is 2.70. The summed E-state index contributed by atoms with van der Waals surface area (Å²) in [5.74, 6) is 2.72. The van der Waals surface area contributed by atoms with Gasteiger partial charge in [0, 0.05) is 16.8 Å². The molecule has 1 saturated heterocycles. The maximum Gasteiger partial charge on any atom is 0.0250 e. The first-order valence-corrected chi connectivity index (χ1v) is 6.48. The van der Waals surface area contributed by atoms with E-state index in [9.17, 15) is 0 Å². The van der Waals surface area contributed by atoms with Crippen LogP contribution >= 0.6 is 33.3 Å². The Morgan fingerprint density at radius 1 is 1.75 bits per heavy atom. The summed E-state index contributed by atoms with van der Waals surface area (Å²) >= 11 is 1.96. The molecular formula is C5H10S3. The Bertz CT molecular complexity index is 58.7. The van der Waals surface area contributed by atoms with E-state index in [2.05, 4.69) is 17.0 Å². The van der Waals surface area contributed by atoms with Gasteiger partial charge in [-0.25, -0.2) is 0 Å². The van der Waals surface area contributed by atoms with Crippen LogP contribution in [0.15, 0.2) is 0 Å². The van der Waals surface area contributed by atoms with E-state index in [4.69, 9.17) is 0 Å². The fraction of sp³-hybridized carbons (Fsp3) is 1.00. The quantitative estimate of drug-likeness (QED) is 0.579. The number of hydrogen-bond acceptors (Lipinski definition) is 3. The summed E-state index contributed by atoms with van der Waals surface area (Å²) in [7, 11) is 4.09. The Labute approximate surface area is 63.0 Å². The molecule has 1 unspecified atom stereocenters. The molecule has 1 aliphatic rings. The second kappa shape index (κ2) is 3.96. The molecule has 1 heterocycles. The van der Waals surface area contributed by atoms with Gasteiger partial charge in [0.15, 0.2) is 0 Å². The molecule has 0 N–H and O–H groups in total. The van der Waals surface area contributed by atoms with Crippen LogP contribution in [0.25, 0.3) is 0 Å². The lowest BCUT2D eigenvalue weighted by Gasteiger charge is -2.01. The molecule has 1 fully saturated rings. The van der Waals surface area contributed by atoms with E-state index >= 15 is 0 Å². The van der Waals surface area contributed by atoms with E-state index in [1.165, 1.54) is 17.9 Å². The number of hydrogen-bond donors (Lipinski definition) is 0. The van der Waals surface area contributed by atoms with Crippen molar-refractivity contribution in [1.29, 1.82) is 0 Å². The summed E-state index contributed by atoms with van der Waals surface area (Å²) in [6.07, 6.45) is 3.61. The zero-order valence-corrected chi connectivity index (χ0v) is 7.37. The highest BCUT2D eigenvalue weighted by molar-refractivity contribution is 8.77. The van der Waals surface area contributed by atoms with Gasteiger partial charge in [0.05, 0.1) is 0 Å². The zero-order chi connectivity index (χ0) is 5.82. The highest BCUT2D eigenvalue weighted by Gasteiger charge is 2.14. The Morgan fingerprint density at radius 2 is 2.62 bits per heavy atom. The normalized spacial score (nSPS) is 28.9. The van der Waals surface area contributed by atoms with Gasteiger partial charge in [0.1, 0.15) is 0 Å². The number of rotatable bonds is 2. The van der Waals surface area contributed by atoms with Gasteiger partial charge in [-0.05, 0) is 12.7 Å². The minimum Gasteiger partial charge on any atom is -0.164 e. The van der Waals surface area contributed by atoms with Gasteiger partial charge < -0.3 is 0 Å². The van der Waals surface area contributed by atoms with Crippen molar-refractivity contribution >= 4 is 33.3 Å². The van der Waals surface area contributed by atoms with Crippen LogP contribution in [-0.2, 0) is 0 Å². The molecule has 0 nitrogen and oxygen atoms in total. The minimum atomic E-state index is 0.954. The second-order valence-electron chi connectivity index (χ2n) is 1.78. The lowest BCUT2D eigenvalue weighted by atomic mass is 10.4. The summed E-state index contributed by atoms with van der Waals surface area (Å²) in [6.45, 7) is 0. The van der Waals surface area contributed by atoms with Crippen molar-refractivity contribution in [1.82, 2.24) is 0 Å². The molecule has 1 atom stereocenters. The third kappa shape index (κ3) is 2.11. The van der Waals surface area contributed by atoms with Crippen LogP contribution in [0.5, 0.6) is 0 Å². The fourth-order valence-electron chi connectivity index (χ4n) is 0.669. The standard InChI is InChI=1S/C5H10S3/c1-6-4-5-2-3-7-8-5/h5H,2-4H2,1H3. The third-order valence-electron chi connectivity index (χ3n) is 1.08. The van der Waals surface area contributed by atoms with Crippen LogP contribution in [0.1, 0.15) is 6.42 Å². The maximum absolute atomic E-state index is 2.18. The smallest absolute Gasteiger partial charge is 0.0250 e. The molecule has 1 rings (SSSR count). The fourth-order valence-corrected chi connectivity index (χ4v) is 4.81. The largest absolute Gasteiger partial charge is 0.164 e. The lowest BCUT2D eigenvalue weighted by Crippen LogP contribution is -1.99. The predicted octanol–water partition coefficient (Wildman–Crippen LogP) is 2.50. The van der Waals surface area contributed by atoms with Crippen molar-refractivity contribution in [3.8, 4) is 0 Å². The van der Waals surface area contributed by atoms with Gasteiger partial charge in [-0.1, -0.05) is 21.6 Å². The summed E-state index contributed by atoms with van der Waals surface area (Å²) in [5.41, 5.74) is 0. The molecule has 8 heavy (non-hydrogen) atoms. The van der Waals surface area contributed by atoms with Crippen LogP contribution in [-0.4, -0.2) is 23.0 Å². The van der Waals surface area contributed by atoms with Gasteiger partial charge in [-0.3, -0.25) is 0 Å². The van der Waals surface area contributed by atoms with Crippen molar-refractivity contribution in [3.63, 3.8) is 0 Å². The van der Waals surface area contributed by atoms with Crippen molar-refractivity contribution in [2.45, 2.75) is 11.7 Å². The molecule has 0 bridgehead atoms. The molecule has 0 amide bonds. The van der Waals surface area contributed by atoms with Gasteiger partial charge in [-0.2, -0.15) is 11.8 Å². The third-order valence-corrected chi connectivity index (χ3v) is 4.96. The van der Waals surface area contributed by atoms with Crippen LogP contribution in [0.2, 0.25) is 0 Å².